The van der Waals surface area contributed by atoms with Crippen molar-refractivity contribution in [2.45, 2.75) is 0 Å². The molecule has 0 fully saturated rings. The topological polar surface area (TPSA) is 9.23 Å². The summed E-state index contributed by atoms with van der Waals surface area (Å²) in [6.45, 7) is 0. The van der Waals surface area contributed by atoms with Crippen molar-refractivity contribution in [3.8, 4) is 5.75 Å². The SMILES string of the molecule is COc1ccc2c(ccc3cc(/C=C\c4ccccc4)c4ccccc4c32)c1. The number of rotatable bonds is 3. The maximum absolute atomic E-state index is 5.41. The average Bonchev–Trinajstić information content (AvgIpc) is 2.77. The van der Waals surface area contributed by atoms with Crippen LogP contribution in [0.3, 0.4) is 0 Å². The van der Waals surface area contributed by atoms with Crippen LogP contribution >= 0.6 is 0 Å². The molecule has 0 amide bonds. The first kappa shape index (κ1) is 16.6. The Labute approximate surface area is 164 Å². The van der Waals surface area contributed by atoms with Crippen LogP contribution in [0.15, 0.2) is 91.0 Å². The number of fused-ring (bicyclic) bond motifs is 5. The summed E-state index contributed by atoms with van der Waals surface area (Å²) in [5.74, 6) is 0.888. The minimum Gasteiger partial charge on any atom is -0.497 e. The molecule has 0 atom stereocenters. The Kier molecular flexibility index (Phi) is 4.06. The smallest absolute Gasteiger partial charge is 0.119 e. The Morgan fingerprint density at radius 1 is 0.607 bits per heavy atom. The van der Waals surface area contributed by atoms with Crippen molar-refractivity contribution in [3.05, 3.63) is 102 Å². The molecule has 0 heterocycles. The number of benzene rings is 5. The molecule has 1 heteroatoms. The molecule has 0 bridgehead atoms. The van der Waals surface area contributed by atoms with Crippen molar-refractivity contribution in [2.75, 3.05) is 7.11 Å². The van der Waals surface area contributed by atoms with E-state index in [1.54, 1.807) is 7.11 Å². The molecule has 0 N–H and O–H groups in total. The van der Waals surface area contributed by atoms with Crippen LogP contribution in [0, 0.1) is 0 Å². The Morgan fingerprint density at radius 3 is 2.18 bits per heavy atom. The van der Waals surface area contributed by atoms with Crippen molar-refractivity contribution in [3.63, 3.8) is 0 Å². The van der Waals surface area contributed by atoms with E-state index in [9.17, 15) is 0 Å². The van der Waals surface area contributed by atoms with Gasteiger partial charge in [0.15, 0.2) is 0 Å². The molecule has 1 nitrogen and oxygen atoms in total. The summed E-state index contributed by atoms with van der Waals surface area (Å²) in [7, 11) is 1.71. The Morgan fingerprint density at radius 2 is 1.36 bits per heavy atom. The zero-order chi connectivity index (χ0) is 18.9. The van der Waals surface area contributed by atoms with Gasteiger partial charge in [0.05, 0.1) is 7.11 Å². The Hall–Kier alpha value is -3.58. The molecule has 5 aromatic rings. The molecule has 0 unspecified atom stereocenters. The molecule has 0 saturated heterocycles. The van der Waals surface area contributed by atoms with E-state index in [-0.39, 0.29) is 0 Å². The van der Waals surface area contributed by atoms with Gasteiger partial charge in [0.1, 0.15) is 5.75 Å². The van der Waals surface area contributed by atoms with Crippen molar-refractivity contribution in [1.29, 1.82) is 0 Å². The highest BCUT2D eigenvalue weighted by atomic mass is 16.5. The van der Waals surface area contributed by atoms with E-state index in [2.05, 4.69) is 91.0 Å². The van der Waals surface area contributed by atoms with Crippen LogP contribution in [-0.2, 0) is 0 Å². The molecular weight excluding hydrogens is 340 g/mol. The maximum atomic E-state index is 5.41. The molecule has 0 saturated carbocycles. The van der Waals surface area contributed by atoms with Gasteiger partial charge in [-0.05, 0) is 61.6 Å². The fourth-order valence-electron chi connectivity index (χ4n) is 3.96. The molecule has 0 aliphatic heterocycles. The summed E-state index contributed by atoms with van der Waals surface area (Å²) >= 11 is 0. The molecule has 5 rings (SSSR count). The van der Waals surface area contributed by atoms with E-state index >= 15 is 0 Å². The lowest BCUT2D eigenvalue weighted by Gasteiger charge is -2.12. The molecule has 0 spiro atoms. The van der Waals surface area contributed by atoms with Gasteiger partial charge in [-0.25, -0.2) is 0 Å². The zero-order valence-electron chi connectivity index (χ0n) is 15.7. The van der Waals surface area contributed by atoms with Crippen LogP contribution in [0.5, 0.6) is 5.75 Å². The van der Waals surface area contributed by atoms with Crippen LogP contribution in [0.4, 0.5) is 0 Å². The number of methoxy groups -OCH3 is 1. The predicted octanol–water partition coefficient (Wildman–Crippen LogP) is 7.33. The Balaban J connectivity index is 1.79. The molecule has 28 heavy (non-hydrogen) atoms. The summed E-state index contributed by atoms with van der Waals surface area (Å²) < 4.78 is 5.41. The van der Waals surface area contributed by atoms with Crippen LogP contribution in [0.25, 0.3) is 44.5 Å². The summed E-state index contributed by atoms with van der Waals surface area (Å²) in [5, 5.41) is 7.56. The average molecular weight is 360 g/mol. The highest BCUT2D eigenvalue weighted by molar-refractivity contribution is 6.22. The fourth-order valence-corrected chi connectivity index (χ4v) is 3.96. The van der Waals surface area contributed by atoms with E-state index in [0.29, 0.717) is 0 Å². The lowest BCUT2D eigenvalue weighted by molar-refractivity contribution is 0.415. The first-order valence-corrected chi connectivity index (χ1v) is 9.49. The predicted molar refractivity (Wildman–Crippen MR) is 121 cm³/mol. The third-order valence-electron chi connectivity index (χ3n) is 5.33. The summed E-state index contributed by atoms with van der Waals surface area (Å²) in [6.07, 6.45) is 4.40. The van der Waals surface area contributed by atoms with Gasteiger partial charge in [-0.15, -0.1) is 0 Å². The van der Waals surface area contributed by atoms with Gasteiger partial charge in [-0.1, -0.05) is 84.9 Å². The van der Waals surface area contributed by atoms with Crippen LogP contribution < -0.4 is 4.74 Å². The maximum Gasteiger partial charge on any atom is 0.119 e. The molecule has 134 valence electrons. The molecular formula is C27H20O. The summed E-state index contributed by atoms with van der Waals surface area (Å²) in [6, 6.07) is 32.1. The van der Waals surface area contributed by atoms with Crippen LogP contribution in [0.2, 0.25) is 0 Å². The second kappa shape index (κ2) is 6.86. The van der Waals surface area contributed by atoms with Crippen LogP contribution in [0.1, 0.15) is 11.1 Å². The van der Waals surface area contributed by atoms with E-state index < -0.39 is 0 Å². The lowest BCUT2D eigenvalue weighted by atomic mass is 9.93. The monoisotopic (exact) mass is 360 g/mol. The largest absolute Gasteiger partial charge is 0.497 e. The minimum absolute atomic E-state index is 0.888. The first-order chi connectivity index (χ1) is 13.8. The van der Waals surface area contributed by atoms with Gasteiger partial charge in [0.2, 0.25) is 0 Å². The molecule has 0 radical (unpaired) electrons. The van der Waals surface area contributed by atoms with Gasteiger partial charge in [0.25, 0.3) is 0 Å². The normalized spacial score (nSPS) is 11.6. The van der Waals surface area contributed by atoms with Crippen LogP contribution in [-0.4, -0.2) is 7.11 Å². The number of ether oxygens (including phenoxy) is 1. The van der Waals surface area contributed by atoms with Gasteiger partial charge in [-0.3, -0.25) is 0 Å². The van der Waals surface area contributed by atoms with E-state index in [1.807, 2.05) is 12.1 Å². The zero-order valence-corrected chi connectivity index (χ0v) is 15.7. The molecule has 0 aromatic heterocycles. The third kappa shape index (κ3) is 2.82. The minimum atomic E-state index is 0.888. The molecule has 5 aromatic carbocycles. The first-order valence-electron chi connectivity index (χ1n) is 9.49. The van der Waals surface area contributed by atoms with Gasteiger partial charge >= 0.3 is 0 Å². The van der Waals surface area contributed by atoms with Gasteiger partial charge in [0, 0.05) is 0 Å². The highest BCUT2D eigenvalue weighted by Crippen LogP contribution is 2.36. The highest BCUT2D eigenvalue weighted by Gasteiger charge is 2.09. The van der Waals surface area contributed by atoms with Gasteiger partial charge in [-0.2, -0.15) is 0 Å². The fraction of sp³-hybridized carbons (Fsp3) is 0.0370. The number of hydrogen-bond donors (Lipinski definition) is 0. The summed E-state index contributed by atoms with van der Waals surface area (Å²) in [4.78, 5) is 0. The second-order valence-corrected chi connectivity index (χ2v) is 7.01. The lowest BCUT2D eigenvalue weighted by Crippen LogP contribution is -1.86. The van der Waals surface area contributed by atoms with E-state index in [1.165, 1.54) is 43.4 Å². The Bertz CT molecular complexity index is 1330. The van der Waals surface area contributed by atoms with E-state index in [0.717, 1.165) is 5.75 Å². The quantitative estimate of drug-likeness (QED) is 0.242. The van der Waals surface area contributed by atoms with Crippen molar-refractivity contribution >= 4 is 44.5 Å². The van der Waals surface area contributed by atoms with Gasteiger partial charge < -0.3 is 4.74 Å². The van der Waals surface area contributed by atoms with E-state index in [4.69, 9.17) is 4.74 Å². The number of hydrogen-bond acceptors (Lipinski definition) is 1. The standard InChI is InChI=1S/C27H20O/c1-28-23-15-16-25-21(18-23)13-14-22-17-20(12-11-19-7-3-2-4-8-19)24-9-5-6-10-26(24)27(22)25/h2-18H,1H3/b12-11-. The van der Waals surface area contributed by atoms with Crippen molar-refractivity contribution in [1.82, 2.24) is 0 Å². The van der Waals surface area contributed by atoms with Crippen molar-refractivity contribution in [2.24, 2.45) is 0 Å². The summed E-state index contributed by atoms with van der Waals surface area (Å²) in [5.41, 5.74) is 2.44. The van der Waals surface area contributed by atoms with Crippen molar-refractivity contribution < 1.29 is 4.74 Å². The molecule has 0 aliphatic carbocycles. The third-order valence-corrected chi connectivity index (χ3v) is 5.33. The molecule has 0 aliphatic rings. The second-order valence-electron chi connectivity index (χ2n) is 7.01.